The van der Waals surface area contributed by atoms with E-state index < -0.39 is 22.3 Å². The van der Waals surface area contributed by atoms with Gasteiger partial charge in [-0.15, -0.1) is 0 Å². The minimum atomic E-state index is -0.771. The number of aromatic hydroxyl groups is 1. The Bertz CT molecular complexity index is 441. The molecule has 0 aliphatic carbocycles. The molecule has 1 rings (SSSR count). The van der Waals surface area contributed by atoms with Gasteiger partial charge in [0.2, 0.25) is 5.75 Å². The van der Waals surface area contributed by atoms with Crippen molar-refractivity contribution in [2.45, 2.75) is 13.8 Å². The summed E-state index contributed by atoms with van der Waals surface area (Å²) in [6.07, 6.45) is 0. The number of hydrogen-bond donors (Lipinski definition) is 1. The van der Waals surface area contributed by atoms with Crippen LogP contribution in [0.4, 0.5) is 5.69 Å². The van der Waals surface area contributed by atoms with E-state index in [4.69, 9.17) is 0 Å². The average Bonchev–Trinajstić information content (AvgIpc) is 2.20. The van der Waals surface area contributed by atoms with Crippen molar-refractivity contribution in [3.05, 3.63) is 33.4 Å². The maximum atomic E-state index is 11.4. The van der Waals surface area contributed by atoms with Crippen LogP contribution in [0.25, 0.3) is 0 Å². The zero-order valence-corrected chi connectivity index (χ0v) is 8.89. The Kier molecular flexibility index (Phi) is 3.44. The number of benzene rings is 1. The predicted molar refractivity (Wildman–Crippen MR) is 55.5 cm³/mol. The van der Waals surface area contributed by atoms with E-state index in [1.54, 1.807) is 13.8 Å². The number of aryl methyl sites for hydroxylation is 1. The molecule has 0 amide bonds. The number of nitro benzene ring substituents is 1. The van der Waals surface area contributed by atoms with Crippen LogP contribution >= 0.6 is 0 Å². The molecular formula is C10H11NO5. The fraction of sp³-hybridized carbons (Fsp3) is 0.300. The Morgan fingerprint density at radius 2 is 2.19 bits per heavy atom. The second-order valence-electron chi connectivity index (χ2n) is 3.16. The molecular weight excluding hydrogens is 214 g/mol. The van der Waals surface area contributed by atoms with Gasteiger partial charge in [0.25, 0.3) is 0 Å². The Labute approximate surface area is 91.6 Å². The van der Waals surface area contributed by atoms with Crippen molar-refractivity contribution in [2.75, 3.05) is 6.61 Å². The highest BCUT2D eigenvalue weighted by Gasteiger charge is 2.22. The van der Waals surface area contributed by atoms with E-state index in [1.165, 1.54) is 12.1 Å². The number of ether oxygens (including phenoxy) is 1. The van der Waals surface area contributed by atoms with E-state index >= 15 is 0 Å². The van der Waals surface area contributed by atoms with E-state index in [-0.39, 0.29) is 12.2 Å². The largest absolute Gasteiger partial charge is 0.501 e. The number of nitro groups is 1. The van der Waals surface area contributed by atoms with Gasteiger partial charge in [-0.3, -0.25) is 10.1 Å². The number of nitrogens with zero attached hydrogens (tertiary/aromatic N) is 1. The Balaban J connectivity index is 3.29. The molecule has 0 radical (unpaired) electrons. The Morgan fingerprint density at radius 3 is 2.69 bits per heavy atom. The summed E-state index contributed by atoms with van der Waals surface area (Å²) in [4.78, 5) is 21.2. The minimum Gasteiger partial charge on any atom is -0.501 e. The lowest BCUT2D eigenvalue weighted by molar-refractivity contribution is -0.385. The third-order valence-corrected chi connectivity index (χ3v) is 1.93. The summed E-state index contributed by atoms with van der Waals surface area (Å²) in [6, 6.07) is 2.54. The summed E-state index contributed by atoms with van der Waals surface area (Å²) in [5.41, 5.74) is -0.177. The van der Waals surface area contributed by atoms with E-state index in [0.29, 0.717) is 5.56 Å². The van der Waals surface area contributed by atoms with Crippen molar-refractivity contribution < 1.29 is 19.6 Å². The van der Waals surface area contributed by atoms with Crippen LogP contribution in [0.15, 0.2) is 12.1 Å². The van der Waals surface area contributed by atoms with Crippen molar-refractivity contribution >= 4 is 11.7 Å². The summed E-state index contributed by atoms with van der Waals surface area (Å²) >= 11 is 0. The Morgan fingerprint density at radius 1 is 1.56 bits per heavy atom. The Hall–Kier alpha value is -2.11. The predicted octanol–water partition coefficient (Wildman–Crippen LogP) is 1.79. The molecule has 1 aromatic rings. The van der Waals surface area contributed by atoms with Gasteiger partial charge >= 0.3 is 11.7 Å². The monoisotopic (exact) mass is 225 g/mol. The molecule has 86 valence electrons. The first-order valence-corrected chi connectivity index (χ1v) is 4.62. The van der Waals surface area contributed by atoms with Gasteiger partial charge in [0, 0.05) is 6.07 Å². The third-order valence-electron chi connectivity index (χ3n) is 1.93. The maximum Gasteiger partial charge on any atom is 0.342 e. The molecule has 0 aliphatic rings. The molecule has 0 saturated carbocycles. The lowest BCUT2D eigenvalue weighted by Gasteiger charge is -2.05. The van der Waals surface area contributed by atoms with Gasteiger partial charge in [0.1, 0.15) is 5.56 Å². The number of carbonyl (C=O) groups is 1. The zero-order valence-electron chi connectivity index (χ0n) is 8.89. The molecule has 0 bridgehead atoms. The number of phenols is 1. The summed E-state index contributed by atoms with van der Waals surface area (Å²) in [7, 11) is 0. The third kappa shape index (κ3) is 2.28. The van der Waals surface area contributed by atoms with Gasteiger partial charge in [0.15, 0.2) is 0 Å². The smallest absolute Gasteiger partial charge is 0.342 e. The topological polar surface area (TPSA) is 89.7 Å². The highest BCUT2D eigenvalue weighted by Crippen LogP contribution is 2.31. The van der Waals surface area contributed by atoms with E-state index in [2.05, 4.69) is 4.74 Å². The van der Waals surface area contributed by atoms with Crippen LogP contribution in [-0.4, -0.2) is 22.6 Å². The van der Waals surface area contributed by atoms with Gasteiger partial charge in [0.05, 0.1) is 11.5 Å². The molecule has 6 nitrogen and oxygen atoms in total. The van der Waals surface area contributed by atoms with Crippen molar-refractivity contribution in [3.8, 4) is 5.75 Å². The van der Waals surface area contributed by atoms with Crippen LogP contribution in [-0.2, 0) is 4.74 Å². The first-order valence-electron chi connectivity index (χ1n) is 4.62. The lowest BCUT2D eigenvalue weighted by atomic mass is 10.1. The molecule has 0 atom stereocenters. The molecule has 16 heavy (non-hydrogen) atoms. The summed E-state index contributed by atoms with van der Waals surface area (Å²) in [6.45, 7) is 3.34. The highest BCUT2D eigenvalue weighted by atomic mass is 16.6. The number of esters is 1. The molecule has 6 heteroatoms. The molecule has 1 N–H and O–H groups in total. The highest BCUT2D eigenvalue weighted by molar-refractivity contribution is 5.94. The van der Waals surface area contributed by atoms with Crippen molar-refractivity contribution in [3.63, 3.8) is 0 Å². The van der Waals surface area contributed by atoms with Gasteiger partial charge in [-0.05, 0) is 25.5 Å². The summed E-state index contributed by atoms with van der Waals surface area (Å²) < 4.78 is 4.68. The maximum absolute atomic E-state index is 11.4. The van der Waals surface area contributed by atoms with E-state index in [0.717, 1.165) is 0 Å². The first kappa shape index (κ1) is 12.0. The molecule has 0 saturated heterocycles. The fourth-order valence-electron chi connectivity index (χ4n) is 1.26. The van der Waals surface area contributed by atoms with Gasteiger partial charge < -0.3 is 9.84 Å². The molecule has 0 fully saturated rings. The van der Waals surface area contributed by atoms with Gasteiger partial charge in [-0.25, -0.2) is 4.79 Å². The number of hydrogen-bond acceptors (Lipinski definition) is 5. The second kappa shape index (κ2) is 4.61. The molecule has 0 heterocycles. The zero-order chi connectivity index (χ0) is 12.3. The fourth-order valence-corrected chi connectivity index (χ4v) is 1.26. The first-order chi connectivity index (χ1) is 7.47. The van der Waals surface area contributed by atoms with Crippen LogP contribution in [0.1, 0.15) is 22.8 Å². The van der Waals surface area contributed by atoms with Crippen molar-refractivity contribution in [1.82, 2.24) is 0 Å². The van der Waals surface area contributed by atoms with Crippen LogP contribution in [0.5, 0.6) is 5.75 Å². The summed E-state index contributed by atoms with van der Waals surface area (Å²) in [5, 5.41) is 20.1. The molecule has 0 aliphatic heterocycles. The number of phenolic OH excluding ortho intramolecular Hbond substituents is 1. The second-order valence-corrected chi connectivity index (χ2v) is 3.16. The summed E-state index contributed by atoms with van der Waals surface area (Å²) in [5.74, 6) is -1.43. The number of carbonyl (C=O) groups excluding carboxylic acids is 1. The lowest BCUT2D eigenvalue weighted by Crippen LogP contribution is -2.06. The quantitative estimate of drug-likeness (QED) is 0.481. The van der Waals surface area contributed by atoms with Crippen LogP contribution in [0, 0.1) is 17.0 Å². The van der Waals surface area contributed by atoms with Crippen LogP contribution in [0.3, 0.4) is 0 Å². The SMILES string of the molecule is CCOC(=O)c1cc(C)cc([N+](=O)[O-])c1O. The standard InChI is InChI=1S/C10H11NO5/c1-3-16-10(13)7-4-6(2)5-8(9(7)12)11(14)15/h4-5,12H,3H2,1-2H3. The van der Waals surface area contributed by atoms with Crippen LogP contribution in [0.2, 0.25) is 0 Å². The van der Waals surface area contributed by atoms with Gasteiger partial charge in [-0.1, -0.05) is 0 Å². The number of rotatable bonds is 3. The normalized spacial score (nSPS) is 9.88. The van der Waals surface area contributed by atoms with E-state index in [9.17, 15) is 20.0 Å². The minimum absolute atomic E-state index is 0.139. The van der Waals surface area contributed by atoms with Crippen LogP contribution < -0.4 is 0 Å². The molecule has 0 unspecified atom stereocenters. The van der Waals surface area contributed by atoms with Crippen molar-refractivity contribution in [2.24, 2.45) is 0 Å². The molecule has 1 aromatic carbocycles. The van der Waals surface area contributed by atoms with Gasteiger partial charge in [-0.2, -0.15) is 0 Å². The molecule has 0 spiro atoms. The van der Waals surface area contributed by atoms with E-state index in [1.807, 2.05) is 0 Å². The average molecular weight is 225 g/mol. The van der Waals surface area contributed by atoms with Crippen molar-refractivity contribution in [1.29, 1.82) is 0 Å². The molecule has 0 aromatic heterocycles.